The van der Waals surface area contributed by atoms with Crippen molar-refractivity contribution in [3.8, 4) is 5.69 Å². The van der Waals surface area contributed by atoms with Gasteiger partial charge in [-0.15, -0.1) is 5.10 Å². The van der Waals surface area contributed by atoms with Gasteiger partial charge in [-0.3, -0.25) is 0 Å². The van der Waals surface area contributed by atoms with Crippen molar-refractivity contribution in [3.63, 3.8) is 0 Å². The topological polar surface area (TPSA) is 114 Å². The maximum absolute atomic E-state index is 15.7. The number of rotatable bonds is 8. The maximum Gasteiger partial charge on any atom is 0.355 e. The molecule has 2 unspecified atom stereocenters. The number of pyridine rings is 1. The van der Waals surface area contributed by atoms with Crippen molar-refractivity contribution in [2.45, 2.75) is 62.4 Å². The molecule has 2 saturated heterocycles. The van der Waals surface area contributed by atoms with E-state index in [-0.39, 0.29) is 23.1 Å². The quantitative estimate of drug-likeness (QED) is 0.182. The second kappa shape index (κ2) is 12.6. The molecule has 45 heavy (non-hydrogen) atoms. The highest BCUT2D eigenvalue weighted by Crippen LogP contribution is 2.38. The van der Waals surface area contributed by atoms with Gasteiger partial charge in [0.1, 0.15) is 29.4 Å². The number of fused-ring (bicyclic) bond motifs is 3. The molecule has 2 aliphatic heterocycles. The van der Waals surface area contributed by atoms with Crippen molar-refractivity contribution in [1.82, 2.24) is 34.0 Å². The van der Waals surface area contributed by atoms with Crippen LogP contribution < -0.4 is 15.9 Å². The SMILES string of the molecule is C=C/C(O)=C(\C(=C)F)c1nc2c(cc1F)c(N1CC3CCC(C1)N3)nc(=O)n2-c1cccc(Sn2cnc(C3CC3)n2)c1.CC. The Bertz CT molecular complexity index is 1870. The molecule has 234 valence electrons. The van der Waals surface area contributed by atoms with Gasteiger partial charge in [0.25, 0.3) is 0 Å². The van der Waals surface area contributed by atoms with E-state index in [9.17, 15) is 14.3 Å². The first-order valence-corrected chi connectivity index (χ1v) is 15.8. The minimum absolute atomic E-state index is 0.0619. The van der Waals surface area contributed by atoms with Gasteiger partial charge in [0, 0.05) is 47.9 Å². The summed E-state index contributed by atoms with van der Waals surface area (Å²) in [6.45, 7) is 11.9. The number of anilines is 1. The highest BCUT2D eigenvalue weighted by Gasteiger charge is 2.34. The Labute approximate surface area is 263 Å². The van der Waals surface area contributed by atoms with Crippen molar-refractivity contribution < 1.29 is 13.9 Å². The minimum atomic E-state index is -1.10. The van der Waals surface area contributed by atoms with Crippen molar-refractivity contribution in [1.29, 1.82) is 0 Å². The second-order valence-corrected chi connectivity index (χ2v) is 12.1. The summed E-state index contributed by atoms with van der Waals surface area (Å²) in [5, 5.41) is 18.7. The van der Waals surface area contributed by atoms with E-state index in [2.05, 4.69) is 38.5 Å². The molecule has 2 bridgehead atoms. The molecule has 2 N–H and O–H groups in total. The lowest BCUT2D eigenvalue weighted by Gasteiger charge is -2.34. The number of piperazine rings is 1. The van der Waals surface area contributed by atoms with Crippen LogP contribution in [0.3, 0.4) is 0 Å². The number of aliphatic hydroxyl groups is 1. The predicted molar refractivity (Wildman–Crippen MR) is 172 cm³/mol. The van der Waals surface area contributed by atoms with Crippen LogP contribution in [0.25, 0.3) is 22.3 Å². The molecule has 2 atom stereocenters. The Kier molecular flexibility index (Phi) is 8.56. The van der Waals surface area contributed by atoms with Crippen LogP contribution in [-0.4, -0.2) is 59.0 Å². The second-order valence-electron chi connectivity index (χ2n) is 11.0. The summed E-state index contributed by atoms with van der Waals surface area (Å²) >= 11 is 1.33. The monoisotopic (exact) mass is 632 g/mol. The third-order valence-corrected chi connectivity index (χ3v) is 8.81. The number of aliphatic hydroxyl groups excluding tert-OH is 1. The lowest BCUT2D eigenvalue weighted by Crippen LogP contribution is -2.52. The Morgan fingerprint density at radius 3 is 2.53 bits per heavy atom. The third-order valence-electron chi connectivity index (χ3n) is 7.98. The molecule has 0 radical (unpaired) electrons. The van der Waals surface area contributed by atoms with E-state index in [1.807, 2.05) is 24.8 Å². The first kappa shape index (κ1) is 30.7. The Morgan fingerprint density at radius 1 is 1.13 bits per heavy atom. The number of hydrogen-bond acceptors (Lipinski definition) is 9. The molecule has 0 amide bonds. The summed E-state index contributed by atoms with van der Waals surface area (Å²) in [5.41, 5.74) is -1.19. The molecule has 3 fully saturated rings. The summed E-state index contributed by atoms with van der Waals surface area (Å²) in [4.78, 5) is 29.8. The van der Waals surface area contributed by atoms with Gasteiger partial charge in [-0.1, -0.05) is 33.1 Å². The van der Waals surface area contributed by atoms with E-state index < -0.39 is 34.4 Å². The molecule has 1 aliphatic carbocycles. The fourth-order valence-electron chi connectivity index (χ4n) is 5.84. The minimum Gasteiger partial charge on any atom is -0.507 e. The van der Waals surface area contributed by atoms with Gasteiger partial charge in [0.05, 0.1) is 16.6 Å². The number of allylic oxidation sites excluding steroid dienone is 3. The number of nitrogens with one attached hydrogen (secondary N) is 1. The third kappa shape index (κ3) is 6.01. The molecule has 1 saturated carbocycles. The van der Waals surface area contributed by atoms with Gasteiger partial charge in [0.2, 0.25) is 0 Å². The molecule has 3 aromatic heterocycles. The highest BCUT2D eigenvalue weighted by molar-refractivity contribution is 7.97. The van der Waals surface area contributed by atoms with E-state index in [0.717, 1.165) is 42.5 Å². The van der Waals surface area contributed by atoms with Gasteiger partial charge in [-0.05, 0) is 56.0 Å². The molecule has 10 nitrogen and oxygen atoms in total. The average Bonchev–Trinajstić information content (AvgIpc) is 3.69. The summed E-state index contributed by atoms with van der Waals surface area (Å²) in [7, 11) is 0. The fourth-order valence-corrected chi connectivity index (χ4v) is 6.58. The van der Waals surface area contributed by atoms with Crippen LogP contribution in [-0.2, 0) is 0 Å². The average molecular weight is 633 g/mol. The standard InChI is InChI=1S/C30H28F2N8O2S.C2H6/c1-3-24(41)25(16(2)31)26-23(32)12-22-28(38-13-18-9-10-19(14-38)34-18)36-30(42)40(29(22)35-26)20-5-4-6-21(11-20)43-39-15-33-27(37-39)17-7-8-17;1-2/h3-6,11-12,15,17-19,34,41H,1-2,7-10,13-14H2;1-2H3/b25-24-;. The van der Waals surface area contributed by atoms with Crippen LogP contribution >= 0.6 is 11.9 Å². The number of nitrogens with zero attached hydrogens (tertiary/aromatic N) is 7. The zero-order valence-corrected chi connectivity index (χ0v) is 25.9. The largest absolute Gasteiger partial charge is 0.507 e. The molecular weight excluding hydrogens is 598 g/mol. The van der Waals surface area contributed by atoms with Crippen LogP contribution in [0.2, 0.25) is 0 Å². The Morgan fingerprint density at radius 2 is 1.87 bits per heavy atom. The summed E-state index contributed by atoms with van der Waals surface area (Å²) < 4.78 is 33.2. The number of hydrogen-bond donors (Lipinski definition) is 2. The number of halogens is 2. The zero-order valence-electron chi connectivity index (χ0n) is 25.1. The first-order chi connectivity index (χ1) is 21.8. The van der Waals surface area contributed by atoms with Crippen molar-refractivity contribution in [2.75, 3.05) is 18.0 Å². The number of benzene rings is 1. The summed E-state index contributed by atoms with van der Waals surface area (Å²) in [6.07, 6.45) is 6.81. The lowest BCUT2D eigenvalue weighted by atomic mass is 10.1. The molecule has 13 heteroatoms. The van der Waals surface area contributed by atoms with Crippen LogP contribution in [0.5, 0.6) is 0 Å². The van der Waals surface area contributed by atoms with E-state index in [1.165, 1.54) is 22.6 Å². The van der Waals surface area contributed by atoms with Crippen molar-refractivity contribution in [2.24, 2.45) is 0 Å². The Balaban J connectivity index is 0.00000175. The van der Waals surface area contributed by atoms with E-state index in [4.69, 9.17) is 0 Å². The molecule has 7 rings (SSSR count). The molecule has 3 aliphatic rings. The zero-order chi connectivity index (χ0) is 31.8. The summed E-state index contributed by atoms with van der Waals surface area (Å²) in [6, 6.07) is 8.78. The maximum atomic E-state index is 15.7. The Hall–Kier alpha value is -4.36. The predicted octanol–water partition coefficient (Wildman–Crippen LogP) is 5.85. The molecule has 5 heterocycles. The molecular formula is C32H34F2N8O2S. The lowest BCUT2D eigenvalue weighted by molar-refractivity contribution is 0.432. The van der Waals surface area contributed by atoms with Crippen LogP contribution in [0.1, 0.15) is 57.0 Å². The van der Waals surface area contributed by atoms with Crippen LogP contribution in [0.15, 0.2) is 77.2 Å². The molecule has 4 aromatic rings. The van der Waals surface area contributed by atoms with Crippen LogP contribution in [0.4, 0.5) is 14.6 Å². The van der Waals surface area contributed by atoms with E-state index in [0.29, 0.717) is 30.5 Å². The fraction of sp³-hybridized carbons (Fsp3) is 0.344. The number of aromatic nitrogens is 6. The van der Waals surface area contributed by atoms with Gasteiger partial charge < -0.3 is 15.3 Å². The van der Waals surface area contributed by atoms with Gasteiger partial charge >= 0.3 is 5.69 Å². The molecule has 1 aromatic carbocycles. The highest BCUT2D eigenvalue weighted by atomic mass is 32.2. The molecule has 0 spiro atoms. The van der Waals surface area contributed by atoms with Gasteiger partial charge in [-0.25, -0.2) is 28.1 Å². The van der Waals surface area contributed by atoms with E-state index in [1.54, 1.807) is 28.6 Å². The van der Waals surface area contributed by atoms with Crippen molar-refractivity contribution >= 4 is 34.4 Å². The van der Waals surface area contributed by atoms with Gasteiger partial charge in [0.15, 0.2) is 17.3 Å². The van der Waals surface area contributed by atoms with E-state index >= 15 is 4.39 Å². The smallest absolute Gasteiger partial charge is 0.355 e. The van der Waals surface area contributed by atoms with Crippen molar-refractivity contribution in [3.05, 3.63) is 95.3 Å². The van der Waals surface area contributed by atoms with Gasteiger partial charge in [-0.2, -0.15) is 9.07 Å². The van der Waals surface area contributed by atoms with Crippen LogP contribution in [0, 0.1) is 5.82 Å². The normalized spacial score (nSPS) is 19.6. The summed E-state index contributed by atoms with van der Waals surface area (Å²) in [5.74, 6) is -1.09. The first-order valence-electron chi connectivity index (χ1n) is 15.0.